The van der Waals surface area contributed by atoms with Gasteiger partial charge in [0, 0.05) is 29.9 Å². The monoisotopic (exact) mass is 783 g/mol. The summed E-state index contributed by atoms with van der Waals surface area (Å²) in [4.78, 5) is 42.4. The van der Waals surface area contributed by atoms with Gasteiger partial charge in [-0.3, -0.25) is 14.4 Å². The van der Waals surface area contributed by atoms with Crippen LogP contribution in [0.4, 0.5) is 35.1 Å². The molecule has 2 atom stereocenters. The van der Waals surface area contributed by atoms with Crippen LogP contribution in [0.2, 0.25) is 0 Å². The zero-order valence-electron chi connectivity index (χ0n) is 31.3. The van der Waals surface area contributed by atoms with Gasteiger partial charge in [-0.05, 0) is 112 Å². The molecule has 2 heterocycles. The van der Waals surface area contributed by atoms with Crippen molar-refractivity contribution >= 4 is 11.9 Å². The number of aryl methyl sites for hydroxylation is 1. The summed E-state index contributed by atoms with van der Waals surface area (Å²) in [6, 6.07) is 0.551. The van der Waals surface area contributed by atoms with E-state index in [2.05, 4.69) is 5.32 Å². The Labute approximate surface area is 314 Å². The molecule has 0 bridgehead atoms. The fourth-order valence-corrected chi connectivity index (χ4v) is 7.32. The number of hydrogen-bond donors (Lipinski definition) is 1. The lowest BCUT2D eigenvalue weighted by Crippen LogP contribution is -2.41. The van der Waals surface area contributed by atoms with E-state index in [0.717, 1.165) is 35.6 Å². The van der Waals surface area contributed by atoms with E-state index in [1.54, 1.807) is 33.8 Å². The molecule has 55 heavy (non-hydrogen) atoms. The number of amides is 1. The molecule has 1 N–H and O–H groups in total. The van der Waals surface area contributed by atoms with Gasteiger partial charge in [-0.1, -0.05) is 26.0 Å². The molecule has 1 amide bonds. The molecular formula is C40H45F8N3O4. The highest BCUT2D eigenvalue weighted by molar-refractivity contribution is 5.82. The van der Waals surface area contributed by atoms with Crippen molar-refractivity contribution < 1.29 is 49.4 Å². The first kappa shape index (κ1) is 41.9. The van der Waals surface area contributed by atoms with E-state index in [-0.39, 0.29) is 49.0 Å². The van der Waals surface area contributed by atoms with E-state index in [1.165, 1.54) is 6.92 Å². The van der Waals surface area contributed by atoms with Crippen molar-refractivity contribution in [2.45, 2.75) is 103 Å². The summed E-state index contributed by atoms with van der Waals surface area (Å²) in [6.45, 7) is 9.40. The van der Waals surface area contributed by atoms with Crippen molar-refractivity contribution in [1.29, 1.82) is 0 Å². The Bertz CT molecular complexity index is 1980. The number of halogens is 8. The first-order valence-corrected chi connectivity index (χ1v) is 18.4. The highest BCUT2D eigenvalue weighted by Crippen LogP contribution is 2.47. The molecule has 3 aromatic rings. The zero-order chi connectivity index (χ0) is 40.6. The van der Waals surface area contributed by atoms with Gasteiger partial charge in [0.15, 0.2) is 0 Å². The maximum absolute atomic E-state index is 16.9. The lowest BCUT2D eigenvalue weighted by Gasteiger charge is -2.31. The highest BCUT2D eigenvalue weighted by Gasteiger charge is 2.41. The Kier molecular flexibility index (Phi) is 12.5. The summed E-state index contributed by atoms with van der Waals surface area (Å²) < 4.78 is 125. The van der Waals surface area contributed by atoms with Gasteiger partial charge in [-0.15, -0.1) is 0 Å². The number of rotatable bonds is 14. The molecule has 2 aromatic carbocycles. The third-order valence-corrected chi connectivity index (χ3v) is 10.3. The number of esters is 1. The molecule has 5 rings (SSSR count). The second kappa shape index (κ2) is 16.4. The molecular weight excluding hydrogens is 738 g/mol. The van der Waals surface area contributed by atoms with Crippen molar-refractivity contribution in [3.63, 3.8) is 0 Å². The Morgan fingerprint density at radius 3 is 2.16 bits per heavy atom. The van der Waals surface area contributed by atoms with E-state index in [0.29, 0.717) is 36.3 Å². The smallest absolute Gasteiger partial charge is 0.419 e. The van der Waals surface area contributed by atoms with Gasteiger partial charge in [-0.2, -0.15) is 26.3 Å². The van der Waals surface area contributed by atoms with Crippen molar-refractivity contribution in [3.05, 3.63) is 91.4 Å². The van der Waals surface area contributed by atoms with Crippen molar-refractivity contribution in [2.24, 2.45) is 5.92 Å². The molecule has 7 nitrogen and oxygen atoms in total. The number of benzene rings is 2. The molecule has 1 saturated carbocycles. The Morgan fingerprint density at radius 1 is 0.964 bits per heavy atom. The molecule has 1 aliphatic heterocycles. The van der Waals surface area contributed by atoms with Crippen LogP contribution in [-0.2, 0) is 33.1 Å². The maximum Gasteiger partial charge on any atom is 0.419 e. The van der Waals surface area contributed by atoms with Gasteiger partial charge in [0.25, 0.3) is 5.56 Å². The van der Waals surface area contributed by atoms with Gasteiger partial charge < -0.3 is 19.5 Å². The Morgan fingerprint density at radius 2 is 1.62 bits per heavy atom. The lowest BCUT2D eigenvalue weighted by atomic mass is 9.86. The summed E-state index contributed by atoms with van der Waals surface area (Å²) in [6.07, 6.45) is -8.02. The van der Waals surface area contributed by atoms with Crippen LogP contribution in [0, 0.1) is 31.4 Å². The minimum atomic E-state index is -5.34. The van der Waals surface area contributed by atoms with Crippen LogP contribution in [0.15, 0.2) is 35.3 Å². The fourth-order valence-electron chi connectivity index (χ4n) is 7.32. The van der Waals surface area contributed by atoms with Crippen LogP contribution in [0.5, 0.6) is 0 Å². The van der Waals surface area contributed by atoms with Gasteiger partial charge >= 0.3 is 18.3 Å². The largest absolute Gasteiger partial charge is 0.466 e. The number of ether oxygens (including phenoxy) is 1. The molecule has 15 heteroatoms. The van der Waals surface area contributed by atoms with E-state index in [1.807, 2.05) is 11.0 Å². The number of aromatic nitrogens is 1. The second-order valence-electron chi connectivity index (χ2n) is 14.9. The minimum absolute atomic E-state index is 0.106. The zero-order valence-corrected chi connectivity index (χ0v) is 31.3. The van der Waals surface area contributed by atoms with Crippen LogP contribution in [-0.4, -0.2) is 47.6 Å². The summed E-state index contributed by atoms with van der Waals surface area (Å²) in [5.41, 5.74) is -4.48. The Hall–Kier alpha value is -4.27. The second-order valence-corrected chi connectivity index (χ2v) is 14.9. The van der Waals surface area contributed by atoms with Gasteiger partial charge in [0.2, 0.25) is 5.91 Å². The molecule has 1 aliphatic carbocycles. The minimum Gasteiger partial charge on any atom is -0.466 e. The molecule has 2 aliphatic rings. The summed E-state index contributed by atoms with van der Waals surface area (Å²) >= 11 is 0. The van der Waals surface area contributed by atoms with Crippen molar-refractivity contribution in [2.75, 3.05) is 26.2 Å². The molecule has 300 valence electrons. The van der Waals surface area contributed by atoms with E-state index in [4.69, 9.17) is 4.74 Å². The van der Waals surface area contributed by atoms with Crippen molar-refractivity contribution in [1.82, 2.24) is 14.8 Å². The third kappa shape index (κ3) is 9.41. The highest BCUT2D eigenvalue weighted by atomic mass is 19.4. The molecule has 2 fully saturated rings. The topological polar surface area (TPSA) is 80.6 Å². The lowest BCUT2D eigenvalue weighted by molar-refractivity contribution is -0.144. The third-order valence-electron chi connectivity index (χ3n) is 10.3. The molecule has 0 spiro atoms. The number of nitrogens with one attached hydrogen (secondary N) is 1. The standard InChI is InChI=1S/C40H45F8N3O4/c1-6-55-33(53)19-30(35-36(41)27(17-29(37(35)42)40(46,47)48)34-22(4)8-11-26(23(34)5)24-9-10-24)49-38(54)31(16-21(2)3)51-20-25(12-15-50-13-7-14-50)28(18-32(51)52)39(43,44)45/h8,11,17-18,20-21,24,30-31H,6-7,9-10,12-16,19H2,1-5H3,(H,49,54)/t30-,31?/m0/s1. The summed E-state index contributed by atoms with van der Waals surface area (Å²) in [5.74, 6) is -6.01. The number of hydrogen-bond acceptors (Lipinski definition) is 5. The van der Waals surface area contributed by atoms with E-state index < -0.39 is 82.2 Å². The van der Waals surface area contributed by atoms with Crippen molar-refractivity contribution in [3.8, 4) is 11.1 Å². The van der Waals surface area contributed by atoms with Crippen LogP contribution in [0.3, 0.4) is 0 Å². The summed E-state index contributed by atoms with van der Waals surface area (Å²) in [7, 11) is 0. The van der Waals surface area contributed by atoms with Crippen LogP contribution in [0.25, 0.3) is 11.1 Å². The number of pyridine rings is 1. The van der Waals surface area contributed by atoms with Gasteiger partial charge in [-0.25, -0.2) is 8.78 Å². The quantitative estimate of drug-likeness (QED) is 0.131. The molecule has 1 aromatic heterocycles. The SMILES string of the molecule is CCOC(=O)C[C@H](NC(=O)C(CC(C)C)n1cc(CCN2CCC2)c(C(F)(F)F)cc1=O)c1c(F)c(-c2c(C)ccc(C3CC3)c2C)cc(C(F)(F)F)c1F. The molecule has 0 radical (unpaired) electrons. The van der Waals surface area contributed by atoms with Crippen LogP contribution >= 0.6 is 0 Å². The first-order valence-electron chi connectivity index (χ1n) is 18.4. The van der Waals surface area contributed by atoms with Crippen LogP contribution < -0.4 is 10.9 Å². The van der Waals surface area contributed by atoms with Gasteiger partial charge in [0.1, 0.15) is 17.7 Å². The average Bonchev–Trinajstić information content (AvgIpc) is 3.89. The number of carbonyl (C=O) groups excluding carboxylic acids is 2. The first-order chi connectivity index (χ1) is 25.7. The fraction of sp³-hybridized carbons (Fsp3) is 0.525. The van der Waals surface area contributed by atoms with Crippen LogP contribution in [0.1, 0.15) is 110 Å². The number of nitrogens with zero attached hydrogens (tertiary/aromatic N) is 2. The number of alkyl halides is 6. The normalized spacial score (nSPS) is 16.2. The predicted molar refractivity (Wildman–Crippen MR) is 189 cm³/mol. The van der Waals surface area contributed by atoms with Gasteiger partial charge in [0.05, 0.1) is 30.2 Å². The number of likely N-dealkylation sites (tertiary alicyclic amines) is 1. The number of carbonyl (C=O) groups is 2. The molecule has 1 unspecified atom stereocenters. The van der Waals surface area contributed by atoms with E-state index in [9.17, 15) is 40.7 Å². The Balaban J connectivity index is 1.66. The van der Waals surface area contributed by atoms with E-state index >= 15 is 8.78 Å². The predicted octanol–water partition coefficient (Wildman–Crippen LogP) is 8.97. The average molecular weight is 784 g/mol. The summed E-state index contributed by atoms with van der Waals surface area (Å²) in [5, 5.41) is 2.32. The maximum atomic E-state index is 16.9. The molecule has 1 saturated heterocycles.